The van der Waals surface area contributed by atoms with Gasteiger partial charge in [0.15, 0.2) is 0 Å². The van der Waals surface area contributed by atoms with Crippen molar-refractivity contribution < 1.29 is 41.9 Å². The Bertz CT molecular complexity index is 577. The number of pyridine rings is 1. The van der Waals surface area contributed by atoms with Crippen LogP contribution >= 0.6 is 0 Å². The van der Waals surface area contributed by atoms with E-state index in [1.54, 1.807) is 0 Å². The molecule has 3 rings (SSSR count). The standard InChI is InChI=1S/C16H16N.Er/c1-11-7-6-8-14-12(2)13(3)17-10-5-4-9-15(17)16(11)14;/h4-10H,1-3H3;/q-1;. The average molecular weight is 390 g/mol. The Labute approximate surface area is 138 Å². The largest absolute Gasteiger partial charge is 0.345 e. The summed E-state index contributed by atoms with van der Waals surface area (Å²) in [5.74, 6) is 1.37. The molecular weight excluding hydrogens is 373 g/mol. The van der Waals surface area contributed by atoms with Crippen LogP contribution in [-0.2, 0) is 0 Å². The number of hydrogen-bond donors (Lipinski definition) is 0. The van der Waals surface area contributed by atoms with Gasteiger partial charge in [-0.15, -0.1) is 23.1 Å². The Morgan fingerprint density at radius 3 is 2.56 bits per heavy atom. The van der Waals surface area contributed by atoms with Crippen LogP contribution in [-0.4, -0.2) is 0 Å². The molecule has 0 aliphatic carbocycles. The molecule has 0 spiro atoms. The zero-order valence-electron chi connectivity index (χ0n) is 10.8. The first kappa shape index (κ1) is 13.8. The van der Waals surface area contributed by atoms with Crippen LogP contribution in [0.25, 0.3) is 11.3 Å². The summed E-state index contributed by atoms with van der Waals surface area (Å²) in [5.41, 5.74) is 5.38. The fourth-order valence-electron chi connectivity index (χ4n) is 2.64. The Hall–Kier alpha value is -0.643. The molecule has 2 heterocycles. The number of aromatic nitrogens is 1. The second-order valence-corrected chi connectivity index (χ2v) is 4.66. The minimum Gasteiger partial charge on any atom is -0.345 e. The van der Waals surface area contributed by atoms with Crippen molar-refractivity contribution in [2.75, 3.05) is 0 Å². The zero-order valence-corrected chi connectivity index (χ0v) is 12.6. The molecular formula is C16H16ErN-. The van der Waals surface area contributed by atoms with Crippen molar-refractivity contribution in [2.24, 2.45) is 0 Å². The summed E-state index contributed by atoms with van der Waals surface area (Å²) in [6, 6.07) is 14.3. The van der Waals surface area contributed by atoms with E-state index >= 15 is 0 Å². The molecule has 0 fully saturated rings. The van der Waals surface area contributed by atoms with Crippen LogP contribution in [0.3, 0.4) is 0 Å². The van der Waals surface area contributed by atoms with E-state index in [0.29, 0.717) is 0 Å². The molecule has 0 bridgehead atoms. The van der Waals surface area contributed by atoms with Gasteiger partial charge >= 0.3 is 0 Å². The maximum atomic E-state index is 2.28. The molecule has 18 heavy (non-hydrogen) atoms. The van der Waals surface area contributed by atoms with Crippen LogP contribution in [0, 0.1) is 56.2 Å². The van der Waals surface area contributed by atoms with Crippen molar-refractivity contribution in [3.05, 3.63) is 65.7 Å². The van der Waals surface area contributed by atoms with Crippen molar-refractivity contribution in [3.63, 3.8) is 0 Å². The summed E-state index contributed by atoms with van der Waals surface area (Å²) in [4.78, 5) is 0. The van der Waals surface area contributed by atoms with Gasteiger partial charge in [0.2, 0.25) is 0 Å². The summed E-state index contributed by atoms with van der Waals surface area (Å²) in [6.07, 6.45) is 2.14. The monoisotopic (exact) mass is 388 g/mol. The van der Waals surface area contributed by atoms with E-state index in [-0.39, 0.29) is 37.3 Å². The maximum Gasteiger partial charge on any atom is 0.0685 e. The number of fused-ring (bicyclic) bond motifs is 3. The van der Waals surface area contributed by atoms with Gasteiger partial charge in [-0.1, -0.05) is 38.1 Å². The molecule has 2 heteroatoms. The fourth-order valence-corrected chi connectivity index (χ4v) is 2.64. The van der Waals surface area contributed by atoms with Gasteiger partial charge < -0.3 is 4.57 Å². The van der Waals surface area contributed by atoms with Gasteiger partial charge in [0.05, 0.1) is 11.9 Å². The van der Waals surface area contributed by atoms with Crippen LogP contribution in [0.5, 0.6) is 0 Å². The molecule has 98 valence electrons. The Morgan fingerprint density at radius 1 is 1.00 bits per heavy atom. The normalized spacial score (nSPS) is 12.6. The van der Waals surface area contributed by atoms with Gasteiger partial charge in [-0.2, -0.15) is 11.6 Å². The van der Waals surface area contributed by atoms with Crippen LogP contribution in [0.4, 0.5) is 0 Å². The summed E-state index contributed by atoms with van der Waals surface area (Å²) in [7, 11) is 0. The van der Waals surface area contributed by atoms with E-state index in [2.05, 4.69) is 67.9 Å². The third-order valence-corrected chi connectivity index (χ3v) is 3.70. The SMILES string of the molecule is Cc1cccc2c1-c1cccc[n+]1[C-](C)[C-]2C.[Er]. The number of nitrogens with zero attached hydrogens (tertiary/aromatic N) is 1. The Balaban J connectivity index is 0.00000120. The Kier molecular flexibility index (Phi) is 3.95. The molecule has 1 nitrogen and oxygen atoms in total. The summed E-state index contributed by atoms with van der Waals surface area (Å²) >= 11 is 0. The van der Waals surface area contributed by atoms with Gasteiger partial charge in [0.1, 0.15) is 0 Å². The minimum absolute atomic E-state index is 0. The zero-order chi connectivity index (χ0) is 12.0. The summed E-state index contributed by atoms with van der Waals surface area (Å²) in [5, 5.41) is 0. The topological polar surface area (TPSA) is 3.88 Å². The quantitative estimate of drug-likeness (QED) is 0.481. The molecule has 0 unspecified atom stereocenters. The predicted octanol–water partition coefficient (Wildman–Crippen LogP) is 3.31. The first-order chi connectivity index (χ1) is 8.20. The van der Waals surface area contributed by atoms with Crippen molar-refractivity contribution in [1.82, 2.24) is 0 Å². The molecule has 2 aromatic rings. The molecule has 0 saturated carbocycles. The van der Waals surface area contributed by atoms with Crippen molar-refractivity contribution in [1.29, 1.82) is 0 Å². The van der Waals surface area contributed by atoms with Gasteiger partial charge in [-0.25, -0.2) is 0 Å². The number of rotatable bonds is 0. The van der Waals surface area contributed by atoms with Gasteiger partial charge in [0, 0.05) is 43.3 Å². The van der Waals surface area contributed by atoms with Gasteiger partial charge in [-0.3, -0.25) is 0 Å². The third kappa shape index (κ3) is 1.94. The predicted molar refractivity (Wildman–Crippen MR) is 69.1 cm³/mol. The first-order valence-electron chi connectivity index (χ1n) is 5.99. The number of aryl methyl sites for hydroxylation is 1. The first-order valence-corrected chi connectivity index (χ1v) is 5.99. The molecule has 0 saturated heterocycles. The smallest absolute Gasteiger partial charge is 0.0685 e. The minimum atomic E-state index is 0. The molecule has 1 aliphatic heterocycles. The van der Waals surface area contributed by atoms with Crippen LogP contribution in [0.15, 0.2) is 42.6 Å². The van der Waals surface area contributed by atoms with Gasteiger partial charge in [-0.05, 0) is 6.92 Å². The van der Waals surface area contributed by atoms with Crippen LogP contribution < -0.4 is 4.57 Å². The van der Waals surface area contributed by atoms with E-state index < -0.39 is 0 Å². The second kappa shape index (κ2) is 5.15. The summed E-state index contributed by atoms with van der Waals surface area (Å²) < 4.78 is 2.28. The van der Waals surface area contributed by atoms with Crippen molar-refractivity contribution in [3.8, 4) is 11.3 Å². The molecule has 0 radical (unpaired) electrons. The van der Waals surface area contributed by atoms with Crippen molar-refractivity contribution in [2.45, 2.75) is 20.8 Å². The van der Waals surface area contributed by atoms with E-state index in [9.17, 15) is 0 Å². The molecule has 0 amide bonds. The van der Waals surface area contributed by atoms with E-state index in [1.165, 1.54) is 34.3 Å². The molecule has 1 aromatic heterocycles. The Morgan fingerprint density at radius 2 is 1.78 bits per heavy atom. The molecule has 1 aliphatic rings. The van der Waals surface area contributed by atoms with E-state index in [0.717, 1.165) is 0 Å². The van der Waals surface area contributed by atoms with Crippen LogP contribution in [0.1, 0.15) is 25.0 Å². The summed E-state index contributed by atoms with van der Waals surface area (Å²) in [6.45, 7) is 6.57. The van der Waals surface area contributed by atoms with E-state index in [4.69, 9.17) is 0 Å². The van der Waals surface area contributed by atoms with Crippen molar-refractivity contribution >= 4 is 0 Å². The maximum absolute atomic E-state index is 2.28. The third-order valence-electron chi connectivity index (χ3n) is 3.70. The molecule has 0 atom stereocenters. The second-order valence-electron chi connectivity index (χ2n) is 4.66. The molecule has 1 aromatic carbocycles. The average Bonchev–Trinajstić information content (AvgIpc) is 2.36. The van der Waals surface area contributed by atoms with Gasteiger partial charge in [0.25, 0.3) is 0 Å². The fraction of sp³-hybridized carbons (Fsp3) is 0.188. The number of hydrogen-bond acceptors (Lipinski definition) is 0. The van der Waals surface area contributed by atoms with Crippen LogP contribution in [0.2, 0.25) is 0 Å². The van der Waals surface area contributed by atoms with E-state index in [1.807, 2.05) is 0 Å². The number of benzene rings is 1. The molecule has 0 N–H and O–H groups in total.